The van der Waals surface area contributed by atoms with Crippen molar-refractivity contribution in [1.29, 1.82) is 0 Å². The van der Waals surface area contributed by atoms with Crippen molar-refractivity contribution >= 4 is 17.4 Å². The van der Waals surface area contributed by atoms with Crippen LogP contribution in [0.3, 0.4) is 0 Å². The first kappa shape index (κ1) is 18.7. The molecule has 1 aliphatic heterocycles. The largest absolute Gasteiger partial charge is 0.486 e. The number of nitrogens with one attached hydrogen (secondary N) is 2. The van der Waals surface area contributed by atoms with E-state index in [0.717, 1.165) is 11.3 Å². The molecule has 2 N–H and O–H groups in total. The Morgan fingerprint density at radius 2 is 1.76 bits per heavy atom. The van der Waals surface area contributed by atoms with Crippen LogP contribution in [0.4, 0.5) is 15.9 Å². The molecule has 0 saturated carbocycles. The van der Waals surface area contributed by atoms with E-state index >= 15 is 0 Å². The minimum atomic E-state index is -0.314. The number of benzene rings is 2. The number of carbonyl (C=O) groups is 1. The topological polar surface area (TPSA) is 85.4 Å². The molecule has 2 aromatic carbocycles. The van der Waals surface area contributed by atoms with E-state index < -0.39 is 0 Å². The molecule has 3 aromatic rings. The van der Waals surface area contributed by atoms with Crippen molar-refractivity contribution < 1.29 is 18.7 Å². The summed E-state index contributed by atoms with van der Waals surface area (Å²) in [4.78, 5) is 12.2. The smallest absolute Gasteiger partial charge is 0.271 e. The lowest BCUT2D eigenvalue weighted by molar-refractivity contribution is 0.0948. The quantitative estimate of drug-likeness (QED) is 0.668. The number of aromatic nitrogens is 2. The van der Waals surface area contributed by atoms with Gasteiger partial charge in [0.2, 0.25) is 0 Å². The van der Waals surface area contributed by atoms with Crippen LogP contribution in [0.15, 0.2) is 54.6 Å². The van der Waals surface area contributed by atoms with Gasteiger partial charge in [-0.05, 0) is 48.4 Å². The Kier molecular flexibility index (Phi) is 5.51. The van der Waals surface area contributed by atoms with Gasteiger partial charge in [-0.2, -0.15) is 0 Å². The van der Waals surface area contributed by atoms with Crippen molar-refractivity contribution in [3.8, 4) is 11.5 Å². The lowest BCUT2D eigenvalue weighted by atomic mass is 10.1. The molecule has 7 nitrogen and oxygen atoms in total. The fraction of sp³-hybridized carbons (Fsp3) is 0.190. The summed E-state index contributed by atoms with van der Waals surface area (Å²) in [5.41, 5.74) is 1.94. The van der Waals surface area contributed by atoms with Crippen LogP contribution in [-0.4, -0.2) is 35.9 Å². The van der Waals surface area contributed by atoms with Gasteiger partial charge in [0.25, 0.3) is 5.91 Å². The van der Waals surface area contributed by atoms with Crippen LogP contribution in [0.25, 0.3) is 0 Å². The van der Waals surface area contributed by atoms with Crippen molar-refractivity contribution in [1.82, 2.24) is 15.5 Å². The second-order valence-electron chi connectivity index (χ2n) is 6.42. The van der Waals surface area contributed by atoms with Gasteiger partial charge in [0, 0.05) is 18.3 Å². The molecule has 1 aromatic heterocycles. The molecule has 1 aliphatic rings. The highest BCUT2D eigenvalue weighted by Crippen LogP contribution is 2.33. The SMILES string of the molecule is O=C(NCCc1ccc(F)cc1)c1ccc(Nc2ccc3c(c2)OCCO3)nn1. The summed E-state index contributed by atoms with van der Waals surface area (Å²) < 4.78 is 24.0. The third kappa shape index (κ3) is 4.78. The maximum absolute atomic E-state index is 12.9. The summed E-state index contributed by atoms with van der Waals surface area (Å²) in [6.07, 6.45) is 0.600. The van der Waals surface area contributed by atoms with Gasteiger partial charge < -0.3 is 20.1 Å². The Labute approximate surface area is 166 Å². The van der Waals surface area contributed by atoms with Crippen molar-refractivity contribution in [2.24, 2.45) is 0 Å². The van der Waals surface area contributed by atoms with Crippen molar-refractivity contribution in [3.63, 3.8) is 0 Å². The molecule has 0 atom stereocenters. The van der Waals surface area contributed by atoms with E-state index in [2.05, 4.69) is 20.8 Å². The molecule has 0 fully saturated rings. The van der Waals surface area contributed by atoms with E-state index in [0.29, 0.717) is 43.5 Å². The summed E-state index contributed by atoms with van der Waals surface area (Å²) in [5.74, 6) is 1.29. The first-order valence-electron chi connectivity index (χ1n) is 9.20. The number of anilines is 2. The normalized spacial score (nSPS) is 12.3. The zero-order valence-corrected chi connectivity index (χ0v) is 15.5. The molecule has 0 radical (unpaired) electrons. The third-order valence-corrected chi connectivity index (χ3v) is 4.32. The molecule has 0 unspecified atom stereocenters. The predicted octanol–water partition coefficient (Wildman–Crippen LogP) is 3.10. The fourth-order valence-electron chi connectivity index (χ4n) is 2.85. The Bertz CT molecular complexity index is 994. The zero-order valence-electron chi connectivity index (χ0n) is 15.5. The van der Waals surface area contributed by atoms with Gasteiger partial charge in [-0.1, -0.05) is 12.1 Å². The van der Waals surface area contributed by atoms with Crippen molar-refractivity contribution in [3.05, 3.63) is 71.7 Å². The lowest BCUT2D eigenvalue weighted by Crippen LogP contribution is -2.26. The molecule has 0 saturated heterocycles. The summed E-state index contributed by atoms with van der Waals surface area (Å²) in [6, 6.07) is 15.0. The molecule has 1 amide bonds. The minimum Gasteiger partial charge on any atom is -0.486 e. The number of rotatable bonds is 6. The van der Waals surface area contributed by atoms with Crippen LogP contribution in [-0.2, 0) is 6.42 Å². The zero-order chi connectivity index (χ0) is 20.1. The van der Waals surface area contributed by atoms with E-state index in [1.54, 1.807) is 24.3 Å². The maximum Gasteiger partial charge on any atom is 0.271 e. The van der Waals surface area contributed by atoms with Gasteiger partial charge in [-0.3, -0.25) is 4.79 Å². The highest BCUT2D eigenvalue weighted by atomic mass is 19.1. The van der Waals surface area contributed by atoms with Crippen LogP contribution < -0.4 is 20.1 Å². The third-order valence-electron chi connectivity index (χ3n) is 4.32. The van der Waals surface area contributed by atoms with Crippen LogP contribution in [0.5, 0.6) is 11.5 Å². The average Bonchev–Trinajstić information content (AvgIpc) is 2.75. The van der Waals surface area contributed by atoms with E-state index in [1.807, 2.05) is 18.2 Å². The molecule has 4 rings (SSSR count). The van der Waals surface area contributed by atoms with Crippen molar-refractivity contribution in [2.75, 3.05) is 25.1 Å². The Morgan fingerprint density at radius 1 is 0.966 bits per heavy atom. The monoisotopic (exact) mass is 394 g/mol. The number of hydrogen-bond acceptors (Lipinski definition) is 6. The number of nitrogens with zero attached hydrogens (tertiary/aromatic N) is 2. The summed E-state index contributed by atoms with van der Waals surface area (Å²) >= 11 is 0. The van der Waals surface area contributed by atoms with Crippen LogP contribution in [0.2, 0.25) is 0 Å². The standard InChI is InChI=1S/C21H19FN4O3/c22-15-3-1-14(2-4-15)9-10-23-21(27)17-6-8-20(26-25-17)24-16-5-7-18-19(13-16)29-12-11-28-18/h1-8,13H,9-12H2,(H,23,27)(H,24,26). The predicted molar refractivity (Wildman–Crippen MR) is 105 cm³/mol. The first-order chi connectivity index (χ1) is 14.2. The molecule has 0 spiro atoms. The number of halogens is 1. The van der Waals surface area contributed by atoms with Gasteiger partial charge >= 0.3 is 0 Å². The summed E-state index contributed by atoms with van der Waals surface area (Å²) in [6.45, 7) is 1.48. The van der Waals surface area contributed by atoms with E-state index in [1.165, 1.54) is 12.1 Å². The first-order valence-corrected chi connectivity index (χ1v) is 9.20. The minimum absolute atomic E-state index is 0.219. The highest BCUT2D eigenvalue weighted by molar-refractivity contribution is 5.92. The number of carbonyl (C=O) groups excluding carboxylic acids is 1. The van der Waals surface area contributed by atoms with Gasteiger partial charge in [0.15, 0.2) is 23.0 Å². The van der Waals surface area contributed by atoms with E-state index in [-0.39, 0.29) is 17.4 Å². The molecule has 0 bridgehead atoms. The van der Waals surface area contributed by atoms with E-state index in [4.69, 9.17) is 9.47 Å². The second kappa shape index (κ2) is 8.55. The number of amides is 1. The molecule has 2 heterocycles. The van der Waals surface area contributed by atoms with Crippen LogP contribution in [0, 0.1) is 5.82 Å². The summed E-state index contributed by atoms with van der Waals surface area (Å²) in [7, 11) is 0. The Hall–Kier alpha value is -3.68. The molecular weight excluding hydrogens is 375 g/mol. The Balaban J connectivity index is 1.31. The number of hydrogen-bond donors (Lipinski definition) is 2. The van der Waals surface area contributed by atoms with Gasteiger partial charge in [-0.15, -0.1) is 10.2 Å². The maximum atomic E-state index is 12.9. The lowest BCUT2D eigenvalue weighted by Gasteiger charge is -2.19. The van der Waals surface area contributed by atoms with Crippen molar-refractivity contribution in [2.45, 2.75) is 6.42 Å². The molecule has 8 heteroatoms. The number of fused-ring (bicyclic) bond motifs is 1. The van der Waals surface area contributed by atoms with Crippen LogP contribution >= 0.6 is 0 Å². The number of ether oxygens (including phenoxy) is 2. The molecule has 29 heavy (non-hydrogen) atoms. The van der Waals surface area contributed by atoms with Gasteiger partial charge in [-0.25, -0.2) is 4.39 Å². The van der Waals surface area contributed by atoms with Gasteiger partial charge in [0.1, 0.15) is 19.0 Å². The fourth-order valence-corrected chi connectivity index (χ4v) is 2.85. The average molecular weight is 394 g/mol. The molecular formula is C21H19FN4O3. The van der Waals surface area contributed by atoms with Gasteiger partial charge in [0.05, 0.1) is 0 Å². The highest BCUT2D eigenvalue weighted by Gasteiger charge is 2.12. The summed E-state index contributed by atoms with van der Waals surface area (Å²) in [5, 5.41) is 13.9. The van der Waals surface area contributed by atoms with E-state index in [9.17, 15) is 9.18 Å². The molecule has 148 valence electrons. The Morgan fingerprint density at radius 3 is 2.52 bits per heavy atom. The van der Waals surface area contributed by atoms with Crippen LogP contribution in [0.1, 0.15) is 16.1 Å². The second-order valence-corrected chi connectivity index (χ2v) is 6.42. The molecule has 0 aliphatic carbocycles.